The Bertz CT molecular complexity index is 883. The van der Waals surface area contributed by atoms with Gasteiger partial charge in [0, 0.05) is 18.0 Å². The van der Waals surface area contributed by atoms with Gasteiger partial charge in [-0.15, -0.1) is 0 Å². The van der Waals surface area contributed by atoms with E-state index in [2.05, 4.69) is 15.1 Å². The summed E-state index contributed by atoms with van der Waals surface area (Å²) in [6.07, 6.45) is 4.25. The maximum Gasteiger partial charge on any atom is 0.311 e. The molecule has 1 unspecified atom stereocenters. The molecule has 7 heteroatoms. The molecule has 0 fully saturated rings. The van der Waals surface area contributed by atoms with E-state index in [1.807, 2.05) is 18.2 Å². The van der Waals surface area contributed by atoms with Gasteiger partial charge in [-0.2, -0.15) is 5.10 Å². The first-order chi connectivity index (χ1) is 10.6. The molecule has 2 N–H and O–H groups in total. The van der Waals surface area contributed by atoms with E-state index < -0.39 is 6.17 Å². The number of para-hydroxylation sites is 1. The highest BCUT2D eigenvalue weighted by Gasteiger charge is 2.17. The Morgan fingerprint density at radius 2 is 2.00 bits per heavy atom. The topological polar surface area (TPSA) is 95.9 Å². The number of hydrogen-bond donors (Lipinski definition) is 1. The lowest BCUT2D eigenvalue weighted by atomic mass is 10.1. The van der Waals surface area contributed by atoms with Gasteiger partial charge in [-0.05, 0) is 13.0 Å². The van der Waals surface area contributed by atoms with Crippen molar-refractivity contribution in [2.75, 3.05) is 7.11 Å². The minimum atomic E-state index is -0.539. The largest absolute Gasteiger partial charge is 0.491 e. The van der Waals surface area contributed by atoms with Gasteiger partial charge in [-0.3, -0.25) is 14.8 Å². The third kappa shape index (κ3) is 2.21. The van der Waals surface area contributed by atoms with Crippen molar-refractivity contribution in [3.8, 4) is 16.9 Å². The molecule has 2 aromatic heterocycles. The van der Waals surface area contributed by atoms with Crippen molar-refractivity contribution in [3.05, 3.63) is 47.1 Å². The molecule has 7 nitrogen and oxygen atoms in total. The van der Waals surface area contributed by atoms with Gasteiger partial charge in [0.2, 0.25) is 0 Å². The number of fused-ring (bicyclic) bond motifs is 1. The van der Waals surface area contributed by atoms with E-state index in [-0.39, 0.29) is 11.3 Å². The molecule has 0 amide bonds. The van der Waals surface area contributed by atoms with Crippen molar-refractivity contribution in [1.29, 1.82) is 0 Å². The average Bonchev–Trinajstić information content (AvgIpc) is 2.53. The maximum atomic E-state index is 12.4. The molecular weight excluding hydrogens is 282 g/mol. The Kier molecular flexibility index (Phi) is 3.56. The zero-order chi connectivity index (χ0) is 15.7. The van der Waals surface area contributed by atoms with Crippen LogP contribution in [0.3, 0.4) is 0 Å². The highest BCUT2D eigenvalue weighted by Crippen LogP contribution is 2.30. The Morgan fingerprint density at radius 3 is 2.73 bits per heavy atom. The van der Waals surface area contributed by atoms with Crippen LogP contribution in [0.1, 0.15) is 13.1 Å². The van der Waals surface area contributed by atoms with Crippen molar-refractivity contribution in [1.82, 2.24) is 19.7 Å². The van der Waals surface area contributed by atoms with E-state index in [0.29, 0.717) is 11.1 Å². The molecule has 0 aliphatic carbocycles. The first kappa shape index (κ1) is 14.2. The lowest BCUT2D eigenvalue weighted by molar-refractivity contribution is 0.388. The van der Waals surface area contributed by atoms with Crippen molar-refractivity contribution in [2.24, 2.45) is 5.73 Å². The molecule has 1 aromatic carbocycles. The lowest BCUT2D eigenvalue weighted by Gasteiger charge is -2.13. The summed E-state index contributed by atoms with van der Waals surface area (Å²) in [6, 6.07) is 5.56. The molecule has 0 radical (unpaired) electrons. The van der Waals surface area contributed by atoms with Crippen LogP contribution in [0.2, 0.25) is 0 Å². The number of nitrogens with zero attached hydrogens (tertiary/aromatic N) is 4. The molecule has 3 aromatic rings. The second kappa shape index (κ2) is 5.53. The summed E-state index contributed by atoms with van der Waals surface area (Å²) in [7, 11) is 1.45. The molecule has 3 rings (SSSR count). The number of hydrogen-bond acceptors (Lipinski definition) is 6. The van der Waals surface area contributed by atoms with Crippen LogP contribution >= 0.6 is 0 Å². The summed E-state index contributed by atoms with van der Waals surface area (Å²) in [5, 5.41) is 4.12. The second-order valence-electron chi connectivity index (χ2n) is 4.81. The predicted octanol–water partition coefficient (Wildman–Crippen LogP) is 1.34. The second-order valence-corrected chi connectivity index (χ2v) is 4.81. The summed E-state index contributed by atoms with van der Waals surface area (Å²) in [4.78, 5) is 21.0. The van der Waals surface area contributed by atoms with Gasteiger partial charge in [0.25, 0.3) is 0 Å². The van der Waals surface area contributed by atoms with Crippen molar-refractivity contribution in [3.63, 3.8) is 0 Å². The third-order valence-corrected chi connectivity index (χ3v) is 3.34. The van der Waals surface area contributed by atoms with E-state index in [9.17, 15) is 4.79 Å². The number of nitrogens with two attached hydrogens (primary N) is 1. The first-order valence-corrected chi connectivity index (χ1v) is 6.75. The van der Waals surface area contributed by atoms with Crippen molar-refractivity contribution in [2.45, 2.75) is 13.1 Å². The fraction of sp³-hybridized carbons (Fsp3) is 0.200. The Morgan fingerprint density at radius 1 is 1.23 bits per heavy atom. The molecule has 1 atom stereocenters. The molecule has 0 saturated carbocycles. The SMILES string of the molecule is COc1c(-c2cccc3nccnc23)cnn(C(C)N)c1=O. The fourth-order valence-corrected chi connectivity index (χ4v) is 2.34. The average molecular weight is 297 g/mol. The van der Waals surface area contributed by atoms with Crippen LogP contribution in [0.25, 0.3) is 22.2 Å². The number of ether oxygens (including phenoxy) is 1. The van der Waals surface area contributed by atoms with E-state index in [1.54, 1.807) is 25.5 Å². The molecule has 0 spiro atoms. The van der Waals surface area contributed by atoms with E-state index in [4.69, 9.17) is 10.5 Å². The van der Waals surface area contributed by atoms with Crippen LogP contribution in [0.4, 0.5) is 0 Å². The van der Waals surface area contributed by atoms with Crippen molar-refractivity contribution < 1.29 is 4.74 Å². The van der Waals surface area contributed by atoms with Gasteiger partial charge in [-0.25, -0.2) is 4.68 Å². The Hall–Kier alpha value is -2.80. The van der Waals surface area contributed by atoms with Gasteiger partial charge < -0.3 is 10.5 Å². The minimum absolute atomic E-state index is 0.186. The number of benzene rings is 1. The fourth-order valence-electron chi connectivity index (χ4n) is 2.34. The molecule has 22 heavy (non-hydrogen) atoms. The summed E-state index contributed by atoms with van der Waals surface area (Å²) >= 11 is 0. The van der Waals surface area contributed by atoms with Crippen LogP contribution in [0.15, 0.2) is 41.6 Å². The molecule has 0 aliphatic rings. The quantitative estimate of drug-likeness (QED) is 0.783. The first-order valence-electron chi connectivity index (χ1n) is 6.75. The Labute approximate surface area is 126 Å². The normalized spacial score (nSPS) is 12.3. The zero-order valence-electron chi connectivity index (χ0n) is 12.2. The summed E-state index contributed by atoms with van der Waals surface area (Å²) < 4.78 is 6.47. The highest BCUT2D eigenvalue weighted by molar-refractivity contribution is 5.92. The van der Waals surface area contributed by atoms with E-state index in [0.717, 1.165) is 11.1 Å². The van der Waals surface area contributed by atoms with Crippen LogP contribution in [0.5, 0.6) is 5.75 Å². The summed E-state index contributed by atoms with van der Waals surface area (Å²) in [5.41, 5.74) is 8.08. The maximum absolute atomic E-state index is 12.4. The smallest absolute Gasteiger partial charge is 0.311 e. The number of aromatic nitrogens is 4. The van der Waals surface area contributed by atoms with Crippen LogP contribution in [-0.4, -0.2) is 26.9 Å². The number of methoxy groups -OCH3 is 1. The third-order valence-electron chi connectivity index (χ3n) is 3.34. The van der Waals surface area contributed by atoms with Gasteiger partial charge >= 0.3 is 5.56 Å². The van der Waals surface area contributed by atoms with Crippen LogP contribution < -0.4 is 16.0 Å². The zero-order valence-corrected chi connectivity index (χ0v) is 12.2. The highest BCUT2D eigenvalue weighted by atomic mass is 16.5. The molecule has 2 heterocycles. The van der Waals surface area contributed by atoms with Gasteiger partial charge in [0.05, 0.1) is 29.9 Å². The standard InChI is InChI=1S/C15H15N5O2/c1-9(16)20-15(21)14(22-2)11(8-19-20)10-4-3-5-12-13(10)18-7-6-17-12/h3-9H,16H2,1-2H3. The molecule has 112 valence electrons. The predicted molar refractivity (Wildman–Crippen MR) is 82.5 cm³/mol. The van der Waals surface area contributed by atoms with Gasteiger partial charge in [0.15, 0.2) is 5.75 Å². The number of rotatable bonds is 3. The summed E-state index contributed by atoms with van der Waals surface area (Å²) in [6.45, 7) is 1.68. The molecule has 0 bridgehead atoms. The molecule has 0 aliphatic heterocycles. The van der Waals surface area contributed by atoms with E-state index >= 15 is 0 Å². The lowest BCUT2D eigenvalue weighted by Crippen LogP contribution is -2.31. The Balaban J connectivity index is 2.32. The monoisotopic (exact) mass is 297 g/mol. The van der Waals surface area contributed by atoms with Gasteiger partial charge in [0.1, 0.15) is 6.17 Å². The van der Waals surface area contributed by atoms with Crippen LogP contribution in [-0.2, 0) is 0 Å². The molecule has 0 saturated heterocycles. The van der Waals surface area contributed by atoms with Crippen molar-refractivity contribution >= 4 is 11.0 Å². The molecular formula is C15H15N5O2. The van der Waals surface area contributed by atoms with E-state index in [1.165, 1.54) is 11.8 Å². The van der Waals surface area contributed by atoms with Crippen LogP contribution in [0, 0.1) is 0 Å². The summed E-state index contributed by atoms with van der Waals surface area (Å²) in [5.74, 6) is 0.186. The minimum Gasteiger partial charge on any atom is -0.491 e. The van der Waals surface area contributed by atoms with Gasteiger partial charge in [-0.1, -0.05) is 12.1 Å².